The van der Waals surface area contributed by atoms with E-state index in [1.165, 1.54) is 105 Å². The zero-order chi connectivity index (χ0) is 38.1. The van der Waals surface area contributed by atoms with Crippen LogP contribution in [-0.4, -0.2) is 13.2 Å². The molecule has 0 heterocycles. The van der Waals surface area contributed by atoms with Gasteiger partial charge in [-0.1, -0.05) is 162 Å². The summed E-state index contributed by atoms with van der Waals surface area (Å²) in [5.74, 6) is 16.1. The molecule has 0 N–H and O–H groups in total. The van der Waals surface area contributed by atoms with Gasteiger partial charge in [0.1, 0.15) is 11.5 Å². The van der Waals surface area contributed by atoms with E-state index in [2.05, 4.69) is 135 Å². The molecule has 56 heavy (non-hydrogen) atoms. The van der Waals surface area contributed by atoms with E-state index in [0.717, 1.165) is 59.8 Å². The van der Waals surface area contributed by atoms with Crippen LogP contribution in [0.15, 0.2) is 121 Å². The molecular formula is C54H50O2. The summed E-state index contributed by atoms with van der Waals surface area (Å²) in [7, 11) is 0. The third kappa shape index (κ3) is 7.89. The Morgan fingerprint density at radius 1 is 0.339 bits per heavy atom. The SMILES string of the molecule is CCCCCCCOc1ccc(C#Cc2c3ccccc3c3ccc4c(C#Cc5ccc(OCCCCCCC)cc5)c5ccccc5c5ccc2c3c45)cc1. The molecule has 0 fully saturated rings. The molecule has 0 unspecified atom stereocenters. The highest BCUT2D eigenvalue weighted by atomic mass is 16.5. The molecule has 0 atom stereocenters. The Balaban J connectivity index is 1.16. The van der Waals surface area contributed by atoms with E-state index in [4.69, 9.17) is 9.47 Å². The van der Waals surface area contributed by atoms with Crippen LogP contribution in [0.4, 0.5) is 0 Å². The van der Waals surface area contributed by atoms with Crippen LogP contribution in [0.2, 0.25) is 0 Å². The monoisotopic (exact) mass is 730 g/mol. The molecule has 2 heteroatoms. The second-order valence-electron chi connectivity index (χ2n) is 15.0. The van der Waals surface area contributed by atoms with E-state index in [1.807, 2.05) is 24.3 Å². The third-order valence-corrected chi connectivity index (χ3v) is 11.1. The highest BCUT2D eigenvalue weighted by Crippen LogP contribution is 2.44. The highest BCUT2D eigenvalue weighted by Gasteiger charge is 2.19. The van der Waals surface area contributed by atoms with Crippen LogP contribution in [0.5, 0.6) is 11.5 Å². The van der Waals surface area contributed by atoms with Crippen LogP contribution in [0.1, 0.15) is 100 Å². The molecule has 0 amide bonds. The molecule has 0 bridgehead atoms. The Labute approximate surface area is 332 Å². The molecule has 8 rings (SSSR count). The first-order valence-electron chi connectivity index (χ1n) is 20.8. The number of hydrogen-bond acceptors (Lipinski definition) is 2. The number of hydrogen-bond donors (Lipinski definition) is 0. The lowest BCUT2D eigenvalue weighted by atomic mass is 9.84. The predicted molar refractivity (Wildman–Crippen MR) is 239 cm³/mol. The Kier molecular flexibility index (Phi) is 11.7. The first-order valence-corrected chi connectivity index (χ1v) is 20.8. The van der Waals surface area contributed by atoms with E-state index < -0.39 is 0 Å². The van der Waals surface area contributed by atoms with Gasteiger partial charge in [0.05, 0.1) is 13.2 Å². The Morgan fingerprint density at radius 2 is 0.714 bits per heavy atom. The largest absolute Gasteiger partial charge is 0.494 e. The van der Waals surface area contributed by atoms with Gasteiger partial charge in [-0.25, -0.2) is 0 Å². The lowest BCUT2D eigenvalue weighted by Gasteiger charge is -2.18. The minimum Gasteiger partial charge on any atom is -0.494 e. The molecule has 0 radical (unpaired) electrons. The second-order valence-corrected chi connectivity index (χ2v) is 15.0. The van der Waals surface area contributed by atoms with Crippen molar-refractivity contribution in [3.05, 3.63) is 144 Å². The Bertz CT molecular complexity index is 2520. The maximum atomic E-state index is 6.03. The molecule has 0 saturated carbocycles. The van der Waals surface area contributed by atoms with Gasteiger partial charge in [0.15, 0.2) is 0 Å². The number of fused-ring (bicyclic) bond motifs is 4. The molecule has 0 saturated heterocycles. The summed E-state index contributed by atoms with van der Waals surface area (Å²) in [5.41, 5.74) is 4.05. The standard InChI is InChI=1S/C54H50O2/c1-3-5-7-9-15-37-55-41-27-21-39(22-28-41)25-31-47-43-17-11-13-19-45(43)49-34-36-52-48(32-26-40-23-29-42(30-24-40)56-38-16-10-8-6-4-2)44-18-12-14-20-46(44)50-33-35-51(47)53(49)54(50)52/h11-14,17-24,27-30,33-36H,3-10,15-16,37-38H2,1-2H3. The lowest BCUT2D eigenvalue weighted by molar-refractivity contribution is 0.304. The van der Waals surface area contributed by atoms with Crippen LogP contribution < -0.4 is 9.47 Å². The molecule has 2 nitrogen and oxygen atoms in total. The molecule has 278 valence electrons. The van der Waals surface area contributed by atoms with Crippen LogP contribution in [0.25, 0.3) is 53.9 Å². The highest BCUT2D eigenvalue weighted by molar-refractivity contribution is 6.35. The fourth-order valence-electron chi connectivity index (χ4n) is 8.12. The van der Waals surface area contributed by atoms with Crippen molar-refractivity contribution in [3.63, 3.8) is 0 Å². The number of ether oxygens (including phenoxy) is 2. The number of benzene rings is 8. The molecule has 8 aromatic carbocycles. The van der Waals surface area contributed by atoms with E-state index in [1.54, 1.807) is 0 Å². The third-order valence-electron chi connectivity index (χ3n) is 11.1. The Hall–Kier alpha value is -5.96. The average Bonchev–Trinajstić information content (AvgIpc) is 3.25. The van der Waals surface area contributed by atoms with Gasteiger partial charge in [-0.15, -0.1) is 0 Å². The molecule has 0 aliphatic rings. The van der Waals surface area contributed by atoms with Crippen LogP contribution in [0.3, 0.4) is 0 Å². The molecule has 0 spiro atoms. The van der Waals surface area contributed by atoms with E-state index in [9.17, 15) is 0 Å². The summed E-state index contributed by atoms with van der Waals surface area (Å²) in [4.78, 5) is 0. The van der Waals surface area contributed by atoms with Crippen LogP contribution in [0, 0.1) is 23.7 Å². The second kappa shape index (κ2) is 17.7. The van der Waals surface area contributed by atoms with Crippen molar-refractivity contribution in [1.29, 1.82) is 0 Å². The van der Waals surface area contributed by atoms with Gasteiger partial charge in [0, 0.05) is 22.3 Å². The van der Waals surface area contributed by atoms with Crippen molar-refractivity contribution in [2.24, 2.45) is 0 Å². The molecule has 0 aliphatic heterocycles. The van der Waals surface area contributed by atoms with Gasteiger partial charge < -0.3 is 9.47 Å². The number of rotatable bonds is 14. The van der Waals surface area contributed by atoms with E-state index >= 15 is 0 Å². The fourth-order valence-corrected chi connectivity index (χ4v) is 8.12. The first kappa shape index (κ1) is 37.0. The maximum absolute atomic E-state index is 6.03. The topological polar surface area (TPSA) is 18.5 Å². The van der Waals surface area contributed by atoms with Gasteiger partial charge in [0.25, 0.3) is 0 Å². The van der Waals surface area contributed by atoms with Crippen LogP contribution in [-0.2, 0) is 0 Å². The summed E-state index contributed by atoms with van der Waals surface area (Å²) in [6.07, 6.45) is 12.3. The number of unbranched alkanes of at least 4 members (excludes halogenated alkanes) is 8. The quantitative estimate of drug-likeness (QED) is 0.0480. The summed E-state index contributed by atoms with van der Waals surface area (Å²) in [6, 6.07) is 43.0. The van der Waals surface area contributed by atoms with Crippen LogP contribution >= 0.6 is 0 Å². The van der Waals surface area contributed by atoms with Gasteiger partial charge in [-0.05, 0) is 115 Å². The minimum atomic E-state index is 0.758. The summed E-state index contributed by atoms with van der Waals surface area (Å²) < 4.78 is 12.1. The molecule has 0 aliphatic carbocycles. The van der Waals surface area contributed by atoms with Gasteiger partial charge in [0.2, 0.25) is 0 Å². The molecular weight excluding hydrogens is 681 g/mol. The van der Waals surface area contributed by atoms with Crippen molar-refractivity contribution in [2.45, 2.75) is 78.1 Å². The fraction of sp³-hybridized carbons (Fsp3) is 0.259. The average molecular weight is 731 g/mol. The predicted octanol–water partition coefficient (Wildman–Crippen LogP) is 14.4. The van der Waals surface area contributed by atoms with Gasteiger partial charge in [-0.3, -0.25) is 0 Å². The van der Waals surface area contributed by atoms with Crippen molar-refractivity contribution in [2.75, 3.05) is 13.2 Å². The first-order chi connectivity index (χ1) is 27.7. The lowest BCUT2D eigenvalue weighted by Crippen LogP contribution is -1.97. The zero-order valence-corrected chi connectivity index (χ0v) is 32.8. The molecule has 0 aromatic heterocycles. The summed E-state index contributed by atoms with van der Waals surface area (Å²) in [6.45, 7) is 6.01. The van der Waals surface area contributed by atoms with Gasteiger partial charge >= 0.3 is 0 Å². The summed E-state index contributed by atoms with van der Waals surface area (Å²) in [5, 5.41) is 12.1. The minimum absolute atomic E-state index is 0.758. The van der Waals surface area contributed by atoms with Crippen molar-refractivity contribution in [1.82, 2.24) is 0 Å². The smallest absolute Gasteiger partial charge is 0.119 e. The normalized spacial score (nSPS) is 11.2. The van der Waals surface area contributed by atoms with Gasteiger partial charge in [-0.2, -0.15) is 0 Å². The van der Waals surface area contributed by atoms with Crippen molar-refractivity contribution < 1.29 is 9.47 Å². The summed E-state index contributed by atoms with van der Waals surface area (Å²) >= 11 is 0. The maximum Gasteiger partial charge on any atom is 0.119 e. The zero-order valence-electron chi connectivity index (χ0n) is 32.8. The molecule has 8 aromatic rings. The van der Waals surface area contributed by atoms with E-state index in [-0.39, 0.29) is 0 Å². The van der Waals surface area contributed by atoms with Crippen molar-refractivity contribution >= 4 is 53.9 Å². The van der Waals surface area contributed by atoms with Crippen molar-refractivity contribution in [3.8, 4) is 35.2 Å². The van der Waals surface area contributed by atoms with E-state index in [0.29, 0.717) is 0 Å². The Morgan fingerprint density at radius 3 is 1.12 bits per heavy atom.